The zero-order valence-corrected chi connectivity index (χ0v) is 8.84. The zero-order valence-electron chi connectivity index (χ0n) is 7.33. The summed E-state index contributed by atoms with van der Waals surface area (Å²) in [6, 6.07) is 4.67. The van der Waals surface area contributed by atoms with Crippen molar-refractivity contribution < 1.29 is 14.6 Å². The third-order valence-corrected chi connectivity index (χ3v) is 2.53. The van der Waals surface area contributed by atoms with Crippen LogP contribution in [0.2, 0.25) is 10.0 Å². The molecule has 3 nitrogen and oxygen atoms in total. The van der Waals surface area contributed by atoms with Crippen molar-refractivity contribution in [3.05, 3.63) is 33.8 Å². The van der Waals surface area contributed by atoms with Gasteiger partial charge in [-0.15, -0.1) is 0 Å². The van der Waals surface area contributed by atoms with E-state index in [2.05, 4.69) is 4.74 Å². The van der Waals surface area contributed by atoms with Gasteiger partial charge in [0.25, 0.3) is 0 Å². The molecular weight excluding hydrogens is 227 g/mol. The Morgan fingerprint density at radius 1 is 1.50 bits per heavy atom. The van der Waals surface area contributed by atoms with E-state index in [1.807, 2.05) is 0 Å². The first kappa shape index (κ1) is 11.3. The first-order valence-corrected chi connectivity index (χ1v) is 4.53. The van der Waals surface area contributed by atoms with Gasteiger partial charge in [0.15, 0.2) is 6.10 Å². The molecular formula is C9H8Cl2O3. The molecule has 0 fully saturated rings. The van der Waals surface area contributed by atoms with Gasteiger partial charge in [-0.3, -0.25) is 0 Å². The van der Waals surface area contributed by atoms with Crippen LogP contribution in [0.1, 0.15) is 11.7 Å². The highest BCUT2D eigenvalue weighted by atomic mass is 35.5. The Bertz CT molecular complexity index is 352. The highest BCUT2D eigenvalue weighted by Gasteiger charge is 2.21. The molecule has 0 aliphatic rings. The molecule has 76 valence electrons. The molecule has 0 unspecified atom stereocenters. The van der Waals surface area contributed by atoms with Crippen LogP contribution < -0.4 is 0 Å². The number of carbonyl (C=O) groups is 1. The predicted molar refractivity (Wildman–Crippen MR) is 53.4 cm³/mol. The molecule has 0 saturated carbocycles. The molecule has 0 spiro atoms. The molecule has 0 amide bonds. The SMILES string of the molecule is COC(=O)[C@H](O)c1cccc(Cl)c1Cl. The lowest BCUT2D eigenvalue weighted by molar-refractivity contribution is -0.150. The molecule has 1 rings (SSSR count). The summed E-state index contributed by atoms with van der Waals surface area (Å²) in [5.41, 5.74) is 0.242. The maximum absolute atomic E-state index is 11.0. The monoisotopic (exact) mass is 234 g/mol. The summed E-state index contributed by atoms with van der Waals surface area (Å²) in [7, 11) is 1.18. The number of ether oxygens (including phenoxy) is 1. The largest absolute Gasteiger partial charge is 0.467 e. The van der Waals surface area contributed by atoms with Crippen LogP contribution >= 0.6 is 23.2 Å². The van der Waals surface area contributed by atoms with E-state index in [1.165, 1.54) is 13.2 Å². The average Bonchev–Trinajstić information content (AvgIpc) is 2.20. The number of rotatable bonds is 2. The lowest BCUT2D eigenvalue weighted by Gasteiger charge is -2.10. The molecule has 0 radical (unpaired) electrons. The van der Waals surface area contributed by atoms with Gasteiger partial charge in [0.05, 0.1) is 17.2 Å². The fourth-order valence-corrected chi connectivity index (χ4v) is 1.38. The lowest BCUT2D eigenvalue weighted by atomic mass is 10.1. The van der Waals surface area contributed by atoms with Crippen molar-refractivity contribution in [1.29, 1.82) is 0 Å². The second-order valence-corrected chi connectivity index (χ2v) is 3.35. The van der Waals surface area contributed by atoms with E-state index in [9.17, 15) is 9.90 Å². The Morgan fingerprint density at radius 2 is 2.14 bits per heavy atom. The van der Waals surface area contributed by atoms with Crippen molar-refractivity contribution in [3.63, 3.8) is 0 Å². The minimum atomic E-state index is -1.40. The van der Waals surface area contributed by atoms with E-state index in [0.717, 1.165) is 0 Å². The number of aliphatic hydroxyl groups excluding tert-OH is 1. The summed E-state index contributed by atoms with van der Waals surface area (Å²) < 4.78 is 4.37. The third kappa shape index (κ3) is 2.18. The van der Waals surface area contributed by atoms with E-state index >= 15 is 0 Å². The molecule has 5 heteroatoms. The van der Waals surface area contributed by atoms with Gasteiger partial charge in [0.2, 0.25) is 0 Å². The maximum atomic E-state index is 11.0. The van der Waals surface area contributed by atoms with Crippen LogP contribution in [-0.4, -0.2) is 18.2 Å². The number of hydrogen-bond donors (Lipinski definition) is 1. The van der Waals surface area contributed by atoms with Crippen LogP contribution in [0.15, 0.2) is 18.2 Å². The van der Waals surface area contributed by atoms with E-state index in [4.69, 9.17) is 23.2 Å². The molecule has 0 bridgehead atoms. The van der Waals surface area contributed by atoms with Gasteiger partial charge < -0.3 is 9.84 Å². The van der Waals surface area contributed by atoms with E-state index in [0.29, 0.717) is 0 Å². The molecule has 0 heterocycles. The molecule has 0 aromatic heterocycles. The molecule has 1 aromatic rings. The Morgan fingerprint density at radius 3 is 2.71 bits per heavy atom. The van der Waals surface area contributed by atoms with Crippen LogP contribution in [0.3, 0.4) is 0 Å². The quantitative estimate of drug-likeness (QED) is 0.799. The predicted octanol–water partition coefficient (Wildman–Crippen LogP) is 2.20. The van der Waals surface area contributed by atoms with Crippen LogP contribution in [0.5, 0.6) is 0 Å². The van der Waals surface area contributed by atoms with Crippen LogP contribution in [-0.2, 0) is 9.53 Å². The highest BCUT2D eigenvalue weighted by Crippen LogP contribution is 2.30. The van der Waals surface area contributed by atoms with E-state index < -0.39 is 12.1 Å². The molecule has 1 N–H and O–H groups in total. The molecule has 0 aliphatic carbocycles. The van der Waals surface area contributed by atoms with Crippen molar-refractivity contribution in [2.45, 2.75) is 6.10 Å². The van der Waals surface area contributed by atoms with Crippen molar-refractivity contribution in [1.82, 2.24) is 0 Å². The molecule has 1 atom stereocenters. The number of carbonyl (C=O) groups excluding carboxylic acids is 1. The third-order valence-electron chi connectivity index (χ3n) is 1.70. The van der Waals surface area contributed by atoms with Crippen molar-refractivity contribution in [3.8, 4) is 0 Å². The maximum Gasteiger partial charge on any atom is 0.339 e. The number of methoxy groups -OCH3 is 1. The molecule has 1 aromatic carbocycles. The minimum Gasteiger partial charge on any atom is -0.467 e. The van der Waals surface area contributed by atoms with Gasteiger partial charge in [0, 0.05) is 5.56 Å². The number of hydrogen-bond acceptors (Lipinski definition) is 3. The Kier molecular flexibility index (Phi) is 3.75. The number of aliphatic hydroxyl groups is 1. The second-order valence-electron chi connectivity index (χ2n) is 2.57. The first-order valence-electron chi connectivity index (χ1n) is 3.77. The number of halogens is 2. The number of benzene rings is 1. The van der Waals surface area contributed by atoms with Gasteiger partial charge in [0.1, 0.15) is 0 Å². The van der Waals surface area contributed by atoms with E-state index in [-0.39, 0.29) is 15.6 Å². The van der Waals surface area contributed by atoms with Gasteiger partial charge in [-0.25, -0.2) is 4.79 Å². The summed E-state index contributed by atoms with van der Waals surface area (Å²) in [4.78, 5) is 11.0. The normalized spacial score (nSPS) is 12.3. The second kappa shape index (κ2) is 4.64. The Hall–Kier alpha value is -0.770. The smallest absolute Gasteiger partial charge is 0.339 e. The minimum absolute atomic E-state index is 0.159. The Labute approximate surface area is 91.2 Å². The highest BCUT2D eigenvalue weighted by molar-refractivity contribution is 6.42. The Balaban J connectivity index is 3.07. The number of esters is 1. The van der Waals surface area contributed by atoms with Gasteiger partial charge in [-0.2, -0.15) is 0 Å². The fraction of sp³-hybridized carbons (Fsp3) is 0.222. The standard InChI is InChI=1S/C9H8Cl2O3/c1-14-9(13)8(12)5-3-2-4-6(10)7(5)11/h2-4,8,12H,1H3/t8-/m1/s1. The summed E-state index contributed by atoms with van der Waals surface area (Å²) in [5.74, 6) is -0.769. The summed E-state index contributed by atoms with van der Waals surface area (Å²) >= 11 is 11.5. The van der Waals surface area contributed by atoms with Crippen molar-refractivity contribution >= 4 is 29.2 Å². The van der Waals surface area contributed by atoms with Crippen LogP contribution in [0.4, 0.5) is 0 Å². The summed E-state index contributed by atoms with van der Waals surface area (Å²) in [5, 5.41) is 9.92. The van der Waals surface area contributed by atoms with Crippen LogP contribution in [0, 0.1) is 0 Å². The molecule has 0 saturated heterocycles. The van der Waals surface area contributed by atoms with Crippen molar-refractivity contribution in [2.24, 2.45) is 0 Å². The van der Waals surface area contributed by atoms with Crippen molar-refractivity contribution in [2.75, 3.05) is 7.11 Å². The van der Waals surface area contributed by atoms with Gasteiger partial charge in [-0.05, 0) is 6.07 Å². The molecule has 14 heavy (non-hydrogen) atoms. The summed E-state index contributed by atoms with van der Waals surface area (Å²) in [6.45, 7) is 0. The van der Waals surface area contributed by atoms with Crippen LogP contribution in [0.25, 0.3) is 0 Å². The first-order chi connectivity index (χ1) is 6.57. The summed E-state index contributed by atoms with van der Waals surface area (Å²) in [6.07, 6.45) is -1.40. The fourth-order valence-electron chi connectivity index (χ4n) is 0.970. The average molecular weight is 235 g/mol. The van der Waals surface area contributed by atoms with Gasteiger partial charge in [-0.1, -0.05) is 35.3 Å². The molecule has 0 aliphatic heterocycles. The topological polar surface area (TPSA) is 46.5 Å². The van der Waals surface area contributed by atoms with Gasteiger partial charge >= 0.3 is 5.97 Å². The zero-order chi connectivity index (χ0) is 10.7. The van der Waals surface area contributed by atoms with E-state index in [1.54, 1.807) is 12.1 Å². The lowest BCUT2D eigenvalue weighted by Crippen LogP contribution is -2.13.